The van der Waals surface area contributed by atoms with Gasteiger partial charge in [0.25, 0.3) is 0 Å². The Hall–Kier alpha value is -0.990. The molecule has 0 unspecified atom stereocenters. The summed E-state index contributed by atoms with van der Waals surface area (Å²) in [4.78, 5) is 0. The average Bonchev–Trinajstić information content (AvgIpc) is 2.70. The van der Waals surface area contributed by atoms with Gasteiger partial charge in [0.2, 0.25) is 0 Å². The molecule has 3 aromatic rings. The van der Waals surface area contributed by atoms with Gasteiger partial charge in [-0.15, -0.1) is 17.0 Å². The monoisotopic (exact) mass is 493 g/mol. The minimum absolute atomic E-state index is 0. The van der Waals surface area contributed by atoms with Crippen molar-refractivity contribution in [2.75, 3.05) is 18.9 Å². The molecule has 0 atom stereocenters. The van der Waals surface area contributed by atoms with Crippen LogP contribution < -0.4 is 21.2 Å². The van der Waals surface area contributed by atoms with Crippen molar-refractivity contribution in [3.63, 3.8) is 0 Å². The van der Waals surface area contributed by atoms with E-state index in [1.54, 1.807) is 0 Å². The summed E-state index contributed by atoms with van der Waals surface area (Å²) in [6, 6.07) is 32.3. The van der Waals surface area contributed by atoms with Gasteiger partial charge in [0, 0.05) is 5.33 Å². The summed E-state index contributed by atoms with van der Waals surface area (Å²) in [6.45, 7) is 1.12. The fraction of sp³-hybridized carbons (Fsp3) is 0.182. The fourth-order valence-corrected chi connectivity index (χ4v) is 5.01. The van der Waals surface area contributed by atoms with Crippen molar-refractivity contribution >= 4 is 56.7 Å². The highest BCUT2D eigenvalue weighted by Gasteiger charge is 2.14. The van der Waals surface area contributed by atoms with Gasteiger partial charge < -0.3 is 5.32 Å². The van der Waals surface area contributed by atoms with Crippen LogP contribution in [0.15, 0.2) is 91.0 Å². The van der Waals surface area contributed by atoms with Gasteiger partial charge in [0.15, 0.2) is 0 Å². The first-order valence-corrected chi connectivity index (χ1v) is 11.0. The van der Waals surface area contributed by atoms with Crippen molar-refractivity contribution in [2.24, 2.45) is 0 Å². The minimum Gasteiger partial charge on any atom is -0.320 e. The third-order valence-corrected chi connectivity index (χ3v) is 6.61. The summed E-state index contributed by atoms with van der Waals surface area (Å²) in [5, 5.41) is 8.34. The SMILES string of the molecule is Br.CNCCCBr.c1ccc(P(c2ccccc2)c2ccccc2)cc1. The molecule has 0 spiro atoms. The molecule has 3 rings (SSSR count). The first-order valence-electron chi connectivity index (χ1n) is 8.52. The second-order valence-corrected chi connectivity index (χ2v) is 8.50. The highest BCUT2D eigenvalue weighted by Crippen LogP contribution is 2.32. The summed E-state index contributed by atoms with van der Waals surface area (Å²) >= 11 is 3.31. The Bertz CT molecular complexity index is 595. The van der Waals surface area contributed by atoms with Crippen LogP contribution in [-0.4, -0.2) is 18.9 Å². The van der Waals surface area contributed by atoms with Crippen LogP contribution in [0.1, 0.15) is 6.42 Å². The lowest BCUT2D eigenvalue weighted by Crippen LogP contribution is -2.20. The number of rotatable bonds is 6. The predicted molar refractivity (Wildman–Crippen MR) is 128 cm³/mol. The van der Waals surface area contributed by atoms with E-state index in [2.05, 4.69) is 112 Å². The summed E-state index contributed by atoms with van der Waals surface area (Å²) in [7, 11) is 1.51. The predicted octanol–water partition coefficient (Wildman–Crippen LogP) is 5.01. The average molecular weight is 495 g/mol. The van der Waals surface area contributed by atoms with E-state index in [-0.39, 0.29) is 17.0 Å². The molecule has 0 aliphatic rings. The van der Waals surface area contributed by atoms with Gasteiger partial charge in [-0.05, 0) is 43.8 Å². The lowest BCUT2D eigenvalue weighted by Gasteiger charge is -2.18. The maximum Gasteiger partial charge on any atom is 0.00433 e. The standard InChI is InChI=1S/C18H15P.C4H10BrN.BrH/c1-4-10-16(11-5-1)19(17-12-6-2-7-13-17)18-14-8-3-9-15-18;1-6-4-2-3-5;/h1-15H;6H,2-4H2,1H3;1H. The molecule has 0 saturated heterocycles. The lowest BCUT2D eigenvalue weighted by atomic mass is 10.4. The molecule has 4 heteroatoms. The molecule has 26 heavy (non-hydrogen) atoms. The quantitative estimate of drug-likeness (QED) is 0.288. The number of halogens is 2. The maximum absolute atomic E-state index is 3.31. The van der Waals surface area contributed by atoms with Crippen molar-refractivity contribution in [2.45, 2.75) is 6.42 Å². The van der Waals surface area contributed by atoms with E-state index in [1.165, 1.54) is 22.3 Å². The molecule has 0 bridgehead atoms. The van der Waals surface area contributed by atoms with E-state index in [0.29, 0.717) is 0 Å². The van der Waals surface area contributed by atoms with E-state index >= 15 is 0 Å². The van der Waals surface area contributed by atoms with E-state index in [1.807, 2.05) is 7.05 Å². The van der Waals surface area contributed by atoms with Gasteiger partial charge in [-0.2, -0.15) is 0 Å². The first kappa shape index (κ1) is 23.0. The summed E-state index contributed by atoms with van der Waals surface area (Å²) in [5.41, 5.74) is 0. The van der Waals surface area contributed by atoms with Crippen molar-refractivity contribution < 1.29 is 0 Å². The van der Waals surface area contributed by atoms with Gasteiger partial charge in [-0.1, -0.05) is 107 Å². The molecule has 1 nitrogen and oxygen atoms in total. The Labute approximate surface area is 177 Å². The Kier molecular flexibility index (Phi) is 12.5. The molecule has 0 fully saturated rings. The molecule has 0 heterocycles. The summed E-state index contributed by atoms with van der Waals surface area (Å²) < 4.78 is 0. The van der Waals surface area contributed by atoms with Crippen LogP contribution in [0.2, 0.25) is 0 Å². The molecule has 3 aromatic carbocycles. The minimum atomic E-state index is -0.446. The van der Waals surface area contributed by atoms with Crippen molar-refractivity contribution in [3.8, 4) is 0 Å². The molecule has 0 saturated carbocycles. The molecule has 0 amide bonds. The normalized spacial score (nSPS) is 9.81. The molecule has 0 aliphatic carbocycles. The molecule has 0 aromatic heterocycles. The molecule has 0 radical (unpaired) electrons. The zero-order valence-corrected chi connectivity index (χ0v) is 19.2. The maximum atomic E-state index is 3.31. The largest absolute Gasteiger partial charge is 0.320 e. The van der Waals surface area contributed by atoms with Crippen molar-refractivity contribution in [3.05, 3.63) is 91.0 Å². The molecular formula is C22H26Br2NP. The number of nitrogens with one attached hydrogen (secondary N) is 1. The van der Waals surface area contributed by atoms with Gasteiger partial charge in [-0.25, -0.2) is 0 Å². The van der Waals surface area contributed by atoms with E-state index in [4.69, 9.17) is 0 Å². The van der Waals surface area contributed by atoms with E-state index in [0.717, 1.165) is 11.9 Å². The Morgan fingerprint density at radius 2 is 1.04 bits per heavy atom. The molecule has 0 aliphatic heterocycles. The van der Waals surface area contributed by atoms with Gasteiger partial charge in [-0.3, -0.25) is 0 Å². The third-order valence-electron chi connectivity index (χ3n) is 3.60. The Morgan fingerprint density at radius 1 is 0.692 bits per heavy atom. The molecule has 138 valence electrons. The topological polar surface area (TPSA) is 12.0 Å². The van der Waals surface area contributed by atoms with Crippen LogP contribution in [0.3, 0.4) is 0 Å². The lowest BCUT2D eigenvalue weighted by molar-refractivity contribution is 0.780. The van der Waals surface area contributed by atoms with E-state index < -0.39 is 7.92 Å². The highest BCUT2D eigenvalue weighted by molar-refractivity contribution is 9.09. The number of hydrogen-bond donors (Lipinski definition) is 1. The second-order valence-electron chi connectivity index (χ2n) is 5.49. The summed E-state index contributed by atoms with van der Waals surface area (Å²) in [5.74, 6) is 0. The van der Waals surface area contributed by atoms with Gasteiger partial charge in [0.05, 0.1) is 0 Å². The zero-order chi connectivity index (χ0) is 17.7. The summed E-state index contributed by atoms with van der Waals surface area (Å²) in [6.07, 6.45) is 1.22. The first-order chi connectivity index (χ1) is 12.4. The zero-order valence-electron chi connectivity index (χ0n) is 15.0. The Balaban J connectivity index is 0.000000422. The van der Waals surface area contributed by atoms with Crippen molar-refractivity contribution in [1.82, 2.24) is 5.32 Å². The van der Waals surface area contributed by atoms with Crippen LogP contribution >= 0.6 is 40.8 Å². The van der Waals surface area contributed by atoms with Crippen molar-refractivity contribution in [1.29, 1.82) is 0 Å². The molecule has 1 N–H and O–H groups in total. The smallest absolute Gasteiger partial charge is 0.00433 e. The number of hydrogen-bond acceptors (Lipinski definition) is 1. The number of alkyl halides is 1. The van der Waals surface area contributed by atoms with Gasteiger partial charge >= 0.3 is 0 Å². The van der Waals surface area contributed by atoms with Gasteiger partial charge in [0.1, 0.15) is 0 Å². The number of benzene rings is 3. The Morgan fingerprint density at radius 3 is 1.27 bits per heavy atom. The van der Waals surface area contributed by atoms with Crippen LogP contribution in [0.5, 0.6) is 0 Å². The second kappa shape index (κ2) is 14.1. The third kappa shape index (κ3) is 7.72. The van der Waals surface area contributed by atoms with Crippen LogP contribution in [0.25, 0.3) is 0 Å². The highest BCUT2D eigenvalue weighted by atomic mass is 79.9. The van der Waals surface area contributed by atoms with Crippen LogP contribution in [0.4, 0.5) is 0 Å². The van der Waals surface area contributed by atoms with Crippen LogP contribution in [-0.2, 0) is 0 Å². The van der Waals surface area contributed by atoms with E-state index in [9.17, 15) is 0 Å². The fourth-order valence-electron chi connectivity index (χ4n) is 2.42. The molecular weight excluding hydrogens is 469 g/mol. The van der Waals surface area contributed by atoms with Crippen LogP contribution in [0, 0.1) is 0 Å².